The molecule has 4 rings (SSSR count). The van der Waals surface area contributed by atoms with E-state index in [-0.39, 0.29) is 5.91 Å². The van der Waals surface area contributed by atoms with Gasteiger partial charge < -0.3 is 10.2 Å². The monoisotopic (exact) mass is 336 g/mol. The van der Waals surface area contributed by atoms with Crippen LogP contribution in [0.1, 0.15) is 27.9 Å². The molecule has 1 saturated heterocycles. The Balaban J connectivity index is 1.52. The quantitative estimate of drug-likeness (QED) is 0.932. The minimum Gasteiger partial charge on any atom is -0.355 e. The van der Waals surface area contributed by atoms with Crippen molar-refractivity contribution in [3.8, 4) is 0 Å². The summed E-state index contributed by atoms with van der Waals surface area (Å²) in [5, 5.41) is 2.74. The molecule has 0 aliphatic carbocycles. The lowest BCUT2D eigenvalue weighted by Crippen LogP contribution is -2.55. The highest BCUT2D eigenvalue weighted by atomic mass is 16.1. The Morgan fingerprint density at radius 3 is 2.88 bits per heavy atom. The average molecular weight is 336 g/mol. The Kier molecular flexibility index (Phi) is 4.40. The molecule has 1 aromatic carbocycles. The molecule has 2 aliphatic rings. The molecule has 0 saturated carbocycles. The number of rotatable bonds is 3. The molecular weight excluding hydrogens is 312 g/mol. The van der Waals surface area contributed by atoms with Crippen molar-refractivity contribution in [3.63, 3.8) is 0 Å². The molecule has 1 amide bonds. The van der Waals surface area contributed by atoms with Crippen LogP contribution < -0.4 is 10.2 Å². The fraction of sp³-hybridized carbons (Fsp3) is 0.400. The van der Waals surface area contributed by atoms with Gasteiger partial charge in [0, 0.05) is 56.6 Å². The summed E-state index contributed by atoms with van der Waals surface area (Å²) in [5.74, 6) is 0.997. The third kappa shape index (κ3) is 3.12. The lowest BCUT2D eigenvalue weighted by molar-refractivity contribution is 0.0961. The lowest BCUT2D eigenvalue weighted by Gasteiger charge is -2.45. The minimum atomic E-state index is -0.0141. The topological polar surface area (TPSA) is 48.5 Å². The maximum absolute atomic E-state index is 12.1. The molecule has 2 aliphatic heterocycles. The van der Waals surface area contributed by atoms with Crippen LogP contribution in [-0.2, 0) is 13.0 Å². The van der Waals surface area contributed by atoms with E-state index in [1.165, 1.54) is 5.56 Å². The maximum Gasteiger partial charge on any atom is 0.251 e. The van der Waals surface area contributed by atoms with Gasteiger partial charge in [0.15, 0.2) is 0 Å². The van der Waals surface area contributed by atoms with Crippen LogP contribution in [0.4, 0.5) is 5.82 Å². The van der Waals surface area contributed by atoms with Gasteiger partial charge in [-0.3, -0.25) is 9.69 Å². The first-order chi connectivity index (χ1) is 12.3. The fourth-order valence-electron chi connectivity index (χ4n) is 4.06. The van der Waals surface area contributed by atoms with Crippen molar-refractivity contribution in [2.75, 3.05) is 31.6 Å². The van der Waals surface area contributed by atoms with E-state index in [0.717, 1.165) is 56.0 Å². The number of hydrogen-bond acceptors (Lipinski definition) is 4. The van der Waals surface area contributed by atoms with Crippen LogP contribution in [0.3, 0.4) is 0 Å². The standard InChI is InChI=1S/C20H24N4O/c1-21-20(25)18-9-10-22-19-17(18)8-7-16-14-23(11-12-24(16)19)13-15-5-3-2-4-6-15/h2-6,9-10,16H,7-8,11-14H2,1H3,(H,21,25)/t16-/m1/s1. The van der Waals surface area contributed by atoms with Crippen LogP contribution in [0.15, 0.2) is 42.6 Å². The normalized spacial score (nSPS) is 19.9. The number of piperazine rings is 1. The van der Waals surface area contributed by atoms with Gasteiger partial charge in [0.2, 0.25) is 0 Å². The van der Waals surface area contributed by atoms with Crippen molar-refractivity contribution < 1.29 is 4.79 Å². The number of carbonyl (C=O) groups excluding carboxylic acids is 1. The Morgan fingerprint density at radius 1 is 1.24 bits per heavy atom. The SMILES string of the molecule is CNC(=O)c1ccnc2c1CC[C@@H]1CN(Cc3ccccc3)CCN21. The van der Waals surface area contributed by atoms with Gasteiger partial charge >= 0.3 is 0 Å². The van der Waals surface area contributed by atoms with Gasteiger partial charge in [0.05, 0.1) is 0 Å². The van der Waals surface area contributed by atoms with Crippen molar-refractivity contribution in [2.24, 2.45) is 0 Å². The number of pyridine rings is 1. The zero-order chi connectivity index (χ0) is 17.2. The van der Waals surface area contributed by atoms with E-state index in [9.17, 15) is 4.79 Å². The molecule has 0 spiro atoms. The third-order valence-electron chi connectivity index (χ3n) is 5.32. The molecular formula is C20H24N4O. The Hall–Kier alpha value is -2.40. The van der Waals surface area contributed by atoms with Crippen LogP contribution in [0.5, 0.6) is 0 Å². The molecule has 2 aromatic rings. The van der Waals surface area contributed by atoms with Gasteiger partial charge in [0.25, 0.3) is 5.91 Å². The van der Waals surface area contributed by atoms with Crippen molar-refractivity contribution >= 4 is 11.7 Å². The first kappa shape index (κ1) is 16.1. The molecule has 25 heavy (non-hydrogen) atoms. The number of carbonyl (C=O) groups is 1. The third-order valence-corrected chi connectivity index (χ3v) is 5.32. The van der Waals surface area contributed by atoms with E-state index in [4.69, 9.17) is 0 Å². The number of nitrogens with zero attached hydrogens (tertiary/aromatic N) is 3. The van der Waals surface area contributed by atoms with Crippen LogP contribution in [0.25, 0.3) is 0 Å². The Morgan fingerprint density at radius 2 is 2.08 bits per heavy atom. The van der Waals surface area contributed by atoms with Crippen LogP contribution >= 0.6 is 0 Å². The smallest absolute Gasteiger partial charge is 0.251 e. The van der Waals surface area contributed by atoms with Gasteiger partial charge in [-0.25, -0.2) is 4.98 Å². The first-order valence-corrected chi connectivity index (χ1v) is 8.99. The second-order valence-electron chi connectivity index (χ2n) is 6.85. The van der Waals surface area contributed by atoms with E-state index >= 15 is 0 Å². The number of aromatic nitrogens is 1. The summed E-state index contributed by atoms with van der Waals surface area (Å²) < 4.78 is 0. The van der Waals surface area contributed by atoms with Gasteiger partial charge in [-0.1, -0.05) is 30.3 Å². The average Bonchev–Trinajstić information content (AvgIpc) is 2.67. The molecule has 5 heteroatoms. The highest BCUT2D eigenvalue weighted by molar-refractivity contribution is 5.96. The predicted molar refractivity (Wildman–Crippen MR) is 98.8 cm³/mol. The number of fused-ring (bicyclic) bond motifs is 3. The van der Waals surface area contributed by atoms with E-state index < -0.39 is 0 Å². The molecule has 1 N–H and O–H groups in total. The van der Waals surface area contributed by atoms with E-state index in [1.54, 1.807) is 13.2 Å². The van der Waals surface area contributed by atoms with Gasteiger partial charge in [0.1, 0.15) is 5.82 Å². The number of amides is 1. The van der Waals surface area contributed by atoms with Crippen LogP contribution in [0, 0.1) is 0 Å². The zero-order valence-corrected chi connectivity index (χ0v) is 14.6. The zero-order valence-electron chi connectivity index (χ0n) is 14.6. The highest BCUT2D eigenvalue weighted by Crippen LogP contribution is 2.33. The lowest BCUT2D eigenvalue weighted by atomic mass is 9.93. The number of benzene rings is 1. The van der Waals surface area contributed by atoms with E-state index in [2.05, 4.69) is 50.4 Å². The molecule has 1 aromatic heterocycles. The van der Waals surface area contributed by atoms with Crippen molar-refractivity contribution in [2.45, 2.75) is 25.4 Å². The predicted octanol–water partition coefficient (Wildman–Crippen LogP) is 2.08. The van der Waals surface area contributed by atoms with Crippen molar-refractivity contribution in [3.05, 3.63) is 59.3 Å². The first-order valence-electron chi connectivity index (χ1n) is 8.99. The number of anilines is 1. The van der Waals surface area contributed by atoms with Crippen molar-refractivity contribution in [1.82, 2.24) is 15.2 Å². The second kappa shape index (κ2) is 6.84. The van der Waals surface area contributed by atoms with Crippen molar-refractivity contribution in [1.29, 1.82) is 0 Å². The largest absolute Gasteiger partial charge is 0.355 e. The fourth-order valence-corrected chi connectivity index (χ4v) is 4.06. The summed E-state index contributed by atoms with van der Waals surface area (Å²) in [6.45, 7) is 4.05. The van der Waals surface area contributed by atoms with Gasteiger partial charge in [-0.15, -0.1) is 0 Å². The number of hydrogen-bond donors (Lipinski definition) is 1. The summed E-state index contributed by atoms with van der Waals surface area (Å²) in [4.78, 5) is 21.7. The van der Waals surface area contributed by atoms with Crippen LogP contribution in [0.2, 0.25) is 0 Å². The van der Waals surface area contributed by atoms with Gasteiger partial charge in [-0.2, -0.15) is 0 Å². The summed E-state index contributed by atoms with van der Waals surface area (Å²) in [6.07, 6.45) is 3.77. The molecule has 1 fully saturated rings. The summed E-state index contributed by atoms with van der Waals surface area (Å²) in [7, 11) is 1.68. The molecule has 0 bridgehead atoms. The molecule has 130 valence electrons. The molecule has 3 heterocycles. The summed E-state index contributed by atoms with van der Waals surface area (Å²) in [6, 6.07) is 13.0. The van der Waals surface area contributed by atoms with E-state index in [1.807, 2.05) is 6.07 Å². The Bertz CT molecular complexity index is 762. The maximum atomic E-state index is 12.1. The van der Waals surface area contributed by atoms with Gasteiger partial charge in [-0.05, 0) is 24.5 Å². The van der Waals surface area contributed by atoms with E-state index in [0.29, 0.717) is 6.04 Å². The molecule has 1 atom stereocenters. The second-order valence-corrected chi connectivity index (χ2v) is 6.85. The molecule has 5 nitrogen and oxygen atoms in total. The molecule has 0 radical (unpaired) electrons. The minimum absolute atomic E-state index is 0.0141. The summed E-state index contributed by atoms with van der Waals surface area (Å²) in [5.41, 5.74) is 3.25. The summed E-state index contributed by atoms with van der Waals surface area (Å²) >= 11 is 0. The number of nitrogens with one attached hydrogen (secondary N) is 1. The van der Waals surface area contributed by atoms with Crippen LogP contribution in [-0.4, -0.2) is 48.5 Å². The molecule has 0 unspecified atom stereocenters. The Labute approximate surface area is 148 Å². The highest BCUT2D eigenvalue weighted by Gasteiger charge is 2.34.